The molecule has 0 amide bonds. The number of aliphatic hydroxyl groups excluding tert-OH is 1. The molecule has 1 fully saturated rings. The second-order valence-corrected chi connectivity index (χ2v) is 6.97. The standard InChI is InChI=1S/C13H16N2O4S/c1-10-6-11(7-14)2-3-12(10)20(18,19)15-5-4-13(17,8-15)9-16/h2-3,6,16-17H,4-5,8-9H2,1H3/t13-/m1/s1. The predicted octanol–water partition coefficient (Wildman–Crippen LogP) is -0.0155. The van der Waals surface area contributed by atoms with E-state index in [9.17, 15) is 13.5 Å². The molecule has 1 atom stereocenters. The van der Waals surface area contributed by atoms with Crippen LogP contribution in [0.3, 0.4) is 0 Å². The molecule has 1 aliphatic heterocycles. The fraction of sp³-hybridized carbons (Fsp3) is 0.462. The van der Waals surface area contributed by atoms with Gasteiger partial charge in [-0.15, -0.1) is 0 Å². The summed E-state index contributed by atoms with van der Waals surface area (Å²) in [4.78, 5) is 0.124. The average molecular weight is 296 g/mol. The van der Waals surface area contributed by atoms with Crippen molar-refractivity contribution in [3.05, 3.63) is 29.3 Å². The lowest BCUT2D eigenvalue weighted by atomic mass is 10.1. The summed E-state index contributed by atoms with van der Waals surface area (Å²) >= 11 is 0. The highest BCUT2D eigenvalue weighted by atomic mass is 32.2. The topological polar surface area (TPSA) is 102 Å². The van der Waals surface area contributed by atoms with Crippen LogP contribution in [-0.4, -0.2) is 48.2 Å². The Morgan fingerprint density at radius 3 is 2.70 bits per heavy atom. The molecule has 1 aromatic carbocycles. The number of aryl methyl sites for hydroxylation is 1. The molecule has 20 heavy (non-hydrogen) atoms. The van der Waals surface area contributed by atoms with Crippen molar-refractivity contribution in [2.24, 2.45) is 0 Å². The van der Waals surface area contributed by atoms with Crippen molar-refractivity contribution in [3.63, 3.8) is 0 Å². The smallest absolute Gasteiger partial charge is 0.243 e. The highest BCUT2D eigenvalue weighted by molar-refractivity contribution is 7.89. The van der Waals surface area contributed by atoms with Gasteiger partial charge >= 0.3 is 0 Å². The molecule has 0 radical (unpaired) electrons. The predicted molar refractivity (Wildman–Crippen MR) is 71.3 cm³/mol. The quantitative estimate of drug-likeness (QED) is 0.816. The summed E-state index contributed by atoms with van der Waals surface area (Å²) < 4.78 is 26.2. The number of β-amino-alcohol motifs (C(OH)–C–C–N with tert-alkyl or cyclic N) is 1. The Labute approximate surface area is 117 Å². The van der Waals surface area contributed by atoms with Gasteiger partial charge in [-0.05, 0) is 37.1 Å². The molecular formula is C13H16N2O4S. The third kappa shape index (κ3) is 2.55. The van der Waals surface area contributed by atoms with Gasteiger partial charge in [-0.1, -0.05) is 0 Å². The third-order valence-electron chi connectivity index (χ3n) is 3.51. The second-order valence-electron chi connectivity index (χ2n) is 5.06. The van der Waals surface area contributed by atoms with Crippen LogP contribution in [0.1, 0.15) is 17.5 Å². The molecule has 1 heterocycles. The summed E-state index contributed by atoms with van der Waals surface area (Å²) in [6.45, 7) is 1.21. The van der Waals surface area contributed by atoms with Crippen LogP contribution in [0.2, 0.25) is 0 Å². The number of sulfonamides is 1. The Hall–Kier alpha value is -1.46. The van der Waals surface area contributed by atoms with Crippen molar-refractivity contribution in [2.75, 3.05) is 19.7 Å². The molecule has 0 aliphatic carbocycles. The first-order valence-corrected chi connectivity index (χ1v) is 7.60. The van der Waals surface area contributed by atoms with Crippen molar-refractivity contribution >= 4 is 10.0 Å². The molecule has 6 nitrogen and oxygen atoms in total. The zero-order chi connectivity index (χ0) is 15.0. The van der Waals surface area contributed by atoms with E-state index >= 15 is 0 Å². The number of hydrogen-bond donors (Lipinski definition) is 2. The minimum Gasteiger partial charge on any atom is -0.393 e. The van der Waals surface area contributed by atoms with Crippen molar-refractivity contribution in [1.82, 2.24) is 4.31 Å². The molecule has 0 unspecified atom stereocenters. The molecule has 1 aliphatic rings. The maximum atomic E-state index is 12.5. The van der Waals surface area contributed by atoms with Gasteiger partial charge < -0.3 is 10.2 Å². The van der Waals surface area contributed by atoms with E-state index in [1.54, 1.807) is 6.92 Å². The Morgan fingerprint density at radius 2 is 2.20 bits per heavy atom. The summed E-state index contributed by atoms with van der Waals surface area (Å²) in [5.74, 6) is 0. The number of benzene rings is 1. The van der Waals surface area contributed by atoms with E-state index in [0.29, 0.717) is 11.1 Å². The first-order chi connectivity index (χ1) is 9.32. The van der Waals surface area contributed by atoms with Gasteiger partial charge in [-0.3, -0.25) is 0 Å². The molecule has 1 saturated heterocycles. The lowest BCUT2D eigenvalue weighted by Crippen LogP contribution is -2.38. The van der Waals surface area contributed by atoms with Crippen LogP contribution in [0.5, 0.6) is 0 Å². The summed E-state index contributed by atoms with van der Waals surface area (Å²) in [7, 11) is -3.72. The number of nitrogens with zero attached hydrogens (tertiary/aromatic N) is 2. The Morgan fingerprint density at radius 1 is 1.50 bits per heavy atom. The SMILES string of the molecule is Cc1cc(C#N)ccc1S(=O)(=O)N1CC[C@](O)(CO)C1. The summed E-state index contributed by atoms with van der Waals surface area (Å²) in [5.41, 5.74) is -0.480. The highest BCUT2D eigenvalue weighted by Gasteiger charge is 2.41. The minimum absolute atomic E-state index is 0.120. The van der Waals surface area contributed by atoms with Crippen molar-refractivity contribution in [3.8, 4) is 6.07 Å². The summed E-state index contributed by atoms with van der Waals surface area (Å²) in [6.07, 6.45) is 0.206. The fourth-order valence-corrected chi connectivity index (χ4v) is 4.03. The molecule has 108 valence electrons. The first kappa shape index (κ1) is 14.9. The van der Waals surface area contributed by atoms with Crippen LogP contribution in [0.15, 0.2) is 23.1 Å². The second kappa shape index (κ2) is 5.14. The van der Waals surface area contributed by atoms with Gasteiger partial charge in [0, 0.05) is 13.1 Å². The molecule has 2 N–H and O–H groups in total. The molecule has 7 heteroatoms. The van der Waals surface area contributed by atoms with Gasteiger partial charge in [0.2, 0.25) is 10.0 Å². The molecule has 1 aromatic rings. The summed E-state index contributed by atoms with van der Waals surface area (Å²) in [5, 5.41) is 27.8. The number of nitriles is 1. The number of aliphatic hydroxyl groups is 2. The largest absolute Gasteiger partial charge is 0.393 e. The molecule has 0 spiro atoms. The lowest BCUT2D eigenvalue weighted by Gasteiger charge is -2.21. The van der Waals surface area contributed by atoms with Crippen LogP contribution in [0.25, 0.3) is 0 Å². The van der Waals surface area contributed by atoms with E-state index in [2.05, 4.69) is 0 Å². The molecular weight excluding hydrogens is 280 g/mol. The van der Waals surface area contributed by atoms with Crippen LogP contribution in [0, 0.1) is 18.3 Å². The average Bonchev–Trinajstić information content (AvgIpc) is 2.82. The van der Waals surface area contributed by atoms with Gasteiger partial charge in [0.25, 0.3) is 0 Å². The van der Waals surface area contributed by atoms with E-state index in [-0.39, 0.29) is 24.4 Å². The Balaban J connectivity index is 2.35. The van der Waals surface area contributed by atoms with Gasteiger partial charge in [0.15, 0.2) is 0 Å². The normalized spacial score (nSPS) is 23.7. The van der Waals surface area contributed by atoms with Crippen LogP contribution in [-0.2, 0) is 10.0 Å². The third-order valence-corrected chi connectivity index (χ3v) is 5.52. The fourth-order valence-electron chi connectivity index (χ4n) is 2.30. The maximum Gasteiger partial charge on any atom is 0.243 e. The zero-order valence-corrected chi connectivity index (χ0v) is 11.9. The van der Waals surface area contributed by atoms with E-state index < -0.39 is 22.2 Å². The molecule has 0 bridgehead atoms. The van der Waals surface area contributed by atoms with E-state index in [1.165, 1.54) is 18.2 Å². The summed E-state index contributed by atoms with van der Waals surface area (Å²) in [6, 6.07) is 6.33. The monoisotopic (exact) mass is 296 g/mol. The molecule has 2 rings (SSSR count). The van der Waals surface area contributed by atoms with Gasteiger partial charge in [0.05, 0.1) is 23.1 Å². The van der Waals surface area contributed by atoms with Crippen molar-refractivity contribution in [2.45, 2.75) is 23.8 Å². The van der Waals surface area contributed by atoms with Gasteiger partial charge in [-0.2, -0.15) is 9.57 Å². The van der Waals surface area contributed by atoms with Crippen LogP contribution >= 0.6 is 0 Å². The molecule has 0 aromatic heterocycles. The van der Waals surface area contributed by atoms with E-state index in [1.807, 2.05) is 6.07 Å². The lowest BCUT2D eigenvalue weighted by molar-refractivity contribution is -0.000735. The number of hydrogen-bond acceptors (Lipinski definition) is 5. The van der Waals surface area contributed by atoms with Crippen molar-refractivity contribution < 1.29 is 18.6 Å². The Kier molecular flexibility index (Phi) is 3.84. The number of rotatable bonds is 3. The van der Waals surface area contributed by atoms with Crippen molar-refractivity contribution in [1.29, 1.82) is 5.26 Å². The zero-order valence-electron chi connectivity index (χ0n) is 11.1. The van der Waals surface area contributed by atoms with E-state index in [0.717, 1.165) is 4.31 Å². The first-order valence-electron chi connectivity index (χ1n) is 6.16. The van der Waals surface area contributed by atoms with E-state index in [4.69, 9.17) is 10.4 Å². The molecule has 0 saturated carbocycles. The highest BCUT2D eigenvalue weighted by Crippen LogP contribution is 2.28. The Bertz CT molecular complexity index is 665. The van der Waals surface area contributed by atoms with Crippen LogP contribution < -0.4 is 0 Å². The van der Waals surface area contributed by atoms with Gasteiger partial charge in [-0.25, -0.2) is 8.42 Å². The maximum absolute atomic E-state index is 12.5. The van der Waals surface area contributed by atoms with Crippen LogP contribution in [0.4, 0.5) is 0 Å². The minimum atomic E-state index is -3.72. The van der Waals surface area contributed by atoms with Gasteiger partial charge in [0.1, 0.15) is 5.60 Å².